The Balaban J connectivity index is 2.07. The summed E-state index contributed by atoms with van der Waals surface area (Å²) in [5, 5.41) is 3.59. The minimum absolute atomic E-state index is 0.0546. The number of oxazole rings is 1. The molecular formula is C17H24N2O. The molecular weight excluding hydrogens is 248 g/mol. The van der Waals surface area contributed by atoms with Crippen LogP contribution >= 0.6 is 0 Å². The molecule has 2 heterocycles. The molecule has 1 aliphatic rings. The molecule has 1 unspecified atom stereocenters. The van der Waals surface area contributed by atoms with Crippen molar-refractivity contribution in [2.45, 2.75) is 57.9 Å². The maximum absolute atomic E-state index is 6.04. The minimum Gasteiger partial charge on any atom is -0.439 e. The van der Waals surface area contributed by atoms with Gasteiger partial charge in [-0.05, 0) is 48.9 Å². The topological polar surface area (TPSA) is 38.1 Å². The molecule has 3 heteroatoms. The molecule has 1 aliphatic heterocycles. The highest BCUT2D eigenvalue weighted by Crippen LogP contribution is 2.36. The first-order valence-corrected chi connectivity index (χ1v) is 7.61. The van der Waals surface area contributed by atoms with E-state index in [1.54, 1.807) is 0 Å². The SMILES string of the molecule is CCC1(c2nc3cc(C(C)(C)C)ccc3o2)CCCN1. The number of nitrogens with zero attached hydrogens (tertiary/aromatic N) is 1. The Morgan fingerprint density at radius 3 is 2.75 bits per heavy atom. The molecule has 0 amide bonds. The largest absolute Gasteiger partial charge is 0.439 e. The average Bonchev–Trinajstić information content (AvgIpc) is 3.04. The Morgan fingerprint density at radius 1 is 1.35 bits per heavy atom. The second kappa shape index (κ2) is 4.59. The Morgan fingerprint density at radius 2 is 2.15 bits per heavy atom. The van der Waals surface area contributed by atoms with Crippen LogP contribution in [-0.2, 0) is 11.0 Å². The zero-order chi connectivity index (χ0) is 14.4. The van der Waals surface area contributed by atoms with E-state index in [0.29, 0.717) is 0 Å². The Labute approximate surface area is 120 Å². The summed E-state index contributed by atoms with van der Waals surface area (Å²) in [5.41, 5.74) is 3.26. The monoisotopic (exact) mass is 272 g/mol. The normalized spacial score (nSPS) is 23.6. The van der Waals surface area contributed by atoms with E-state index in [4.69, 9.17) is 9.40 Å². The van der Waals surface area contributed by atoms with Crippen molar-refractivity contribution in [3.05, 3.63) is 29.7 Å². The molecule has 1 saturated heterocycles. The minimum atomic E-state index is -0.0546. The molecule has 0 aliphatic carbocycles. The summed E-state index contributed by atoms with van der Waals surface area (Å²) < 4.78 is 6.04. The van der Waals surface area contributed by atoms with Crippen LogP contribution in [0.15, 0.2) is 22.6 Å². The maximum Gasteiger partial charge on any atom is 0.215 e. The van der Waals surface area contributed by atoms with Crippen LogP contribution in [0.5, 0.6) is 0 Å². The molecule has 20 heavy (non-hydrogen) atoms. The number of aromatic nitrogens is 1. The smallest absolute Gasteiger partial charge is 0.215 e. The predicted octanol–water partition coefficient (Wildman–Crippen LogP) is 4.11. The second-order valence-electron chi connectivity index (χ2n) is 6.92. The summed E-state index contributed by atoms with van der Waals surface area (Å²) in [7, 11) is 0. The van der Waals surface area contributed by atoms with Gasteiger partial charge in [-0.1, -0.05) is 33.8 Å². The molecule has 3 nitrogen and oxygen atoms in total. The highest BCUT2D eigenvalue weighted by atomic mass is 16.4. The van der Waals surface area contributed by atoms with Gasteiger partial charge in [0.1, 0.15) is 5.52 Å². The average molecular weight is 272 g/mol. The summed E-state index contributed by atoms with van der Waals surface area (Å²) in [6.07, 6.45) is 3.33. The van der Waals surface area contributed by atoms with Gasteiger partial charge in [0.2, 0.25) is 5.89 Å². The van der Waals surface area contributed by atoms with Crippen molar-refractivity contribution in [2.75, 3.05) is 6.54 Å². The van der Waals surface area contributed by atoms with Crippen molar-refractivity contribution >= 4 is 11.1 Å². The lowest BCUT2D eigenvalue weighted by Crippen LogP contribution is -2.36. The van der Waals surface area contributed by atoms with E-state index in [-0.39, 0.29) is 11.0 Å². The first-order chi connectivity index (χ1) is 9.44. The zero-order valence-corrected chi connectivity index (χ0v) is 12.9. The summed E-state index contributed by atoms with van der Waals surface area (Å²) in [4.78, 5) is 4.78. The van der Waals surface area contributed by atoms with E-state index in [0.717, 1.165) is 36.4 Å². The van der Waals surface area contributed by atoms with Crippen molar-refractivity contribution in [1.82, 2.24) is 10.3 Å². The fourth-order valence-corrected chi connectivity index (χ4v) is 3.04. The van der Waals surface area contributed by atoms with Gasteiger partial charge in [-0.3, -0.25) is 0 Å². The Bertz CT molecular complexity index is 615. The van der Waals surface area contributed by atoms with Gasteiger partial charge in [0.05, 0.1) is 5.54 Å². The molecule has 0 radical (unpaired) electrons. The van der Waals surface area contributed by atoms with E-state index in [1.165, 1.54) is 12.0 Å². The van der Waals surface area contributed by atoms with Crippen molar-refractivity contribution in [1.29, 1.82) is 0 Å². The van der Waals surface area contributed by atoms with Crippen LogP contribution in [0.2, 0.25) is 0 Å². The number of hydrogen-bond donors (Lipinski definition) is 1. The Kier molecular flexibility index (Phi) is 3.13. The third-order valence-corrected chi connectivity index (χ3v) is 4.51. The van der Waals surface area contributed by atoms with Gasteiger partial charge in [-0.25, -0.2) is 4.98 Å². The predicted molar refractivity (Wildman–Crippen MR) is 81.9 cm³/mol. The van der Waals surface area contributed by atoms with E-state index < -0.39 is 0 Å². The second-order valence-corrected chi connectivity index (χ2v) is 6.92. The van der Waals surface area contributed by atoms with Gasteiger partial charge in [0.25, 0.3) is 0 Å². The van der Waals surface area contributed by atoms with Crippen molar-refractivity contribution in [2.24, 2.45) is 0 Å². The van der Waals surface area contributed by atoms with Crippen molar-refractivity contribution in [3.8, 4) is 0 Å². The lowest BCUT2D eigenvalue weighted by molar-refractivity contribution is 0.292. The quantitative estimate of drug-likeness (QED) is 0.894. The number of rotatable bonds is 2. The van der Waals surface area contributed by atoms with Crippen LogP contribution in [0, 0.1) is 0 Å². The van der Waals surface area contributed by atoms with Crippen LogP contribution in [0.1, 0.15) is 58.4 Å². The number of benzene rings is 1. The van der Waals surface area contributed by atoms with Gasteiger partial charge >= 0.3 is 0 Å². The summed E-state index contributed by atoms with van der Waals surface area (Å²) in [5.74, 6) is 0.860. The number of hydrogen-bond acceptors (Lipinski definition) is 3. The van der Waals surface area contributed by atoms with Crippen LogP contribution in [0.3, 0.4) is 0 Å². The van der Waals surface area contributed by atoms with Crippen molar-refractivity contribution < 1.29 is 4.42 Å². The Hall–Kier alpha value is -1.35. The fraction of sp³-hybridized carbons (Fsp3) is 0.588. The van der Waals surface area contributed by atoms with Crippen LogP contribution < -0.4 is 5.32 Å². The molecule has 0 bridgehead atoms. The van der Waals surface area contributed by atoms with Gasteiger partial charge in [0, 0.05) is 0 Å². The van der Waals surface area contributed by atoms with Crippen LogP contribution in [0.25, 0.3) is 11.1 Å². The first-order valence-electron chi connectivity index (χ1n) is 7.61. The molecule has 0 spiro atoms. The third kappa shape index (κ3) is 2.14. The van der Waals surface area contributed by atoms with Crippen LogP contribution in [0.4, 0.5) is 0 Å². The van der Waals surface area contributed by atoms with E-state index in [9.17, 15) is 0 Å². The molecule has 1 aromatic heterocycles. The number of nitrogens with one attached hydrogen (secondary N) is 1. The van der Waals surface area contributed by atoms with E-state index in [2.05, 4.69) is 51.2 Å². The number of fused-ring (bicyclic) bond motifs is 1. The van der Waals surface area contributed by atoms with Gasteiger partial charge in [-0.15, -0.1) is 0 Å². The van der Waals surface area contributed by atoms with Gasteiger partial charge in [-0.2, -0.15) is 0 Å². The molecule has 108 valence electrons. The molecule has 1 fully saturated rings. The third-order valence-electron chi connectivity index (χ3n) is 4.51. The van der Waals surface area contributed by atoms with Crippen LogP contribution in [-0.4, -0.2) is 11.5 Å². The van der Waals surface area contributed by atoms with E-state index in [1.807, 2.05) is 0 Å². The standard InChI is InChI=1S/C17H24N2O/c1-5-17(9-6-10-18-17)15-19-13-11-12(16(2,3)4)7-8-14(13)20-15/h7-8,11,18H,5-6,9-10H2,1-4H3. The molecule has 1 atom stereocenters. The van der Waals surface area contributed by atoms with Gasteiger partial charge in [0.15, 0.2) is 5.58 Å². The fourth-order valence-electron chi connectivity index (χ4n) is 3.04. The zero-order valence-electron chi connectivity index (χ0n) is 12.9. The molecule has 2 aromatic rings. The lowest BCUT2D eigenvalue weighted by atomic mass is 9.87. The molecule has 0 saturated carbocycles. The van der Waals surface area contributed by atoms with Gasteiger partial charge < -0.3 is 9.73 Å². The highest BCUT2D eigenvalue weighted by molar-refractivity contribution is 5.74. The summed E-state index contributed by atoms with van der Waals surface area (Å²) >= 11 is 0. The first kappa shape index (κ1) is 13.6. The summed E-state index contributed by atoms with van der Waals surface area (Å²) in [6.45, 7) is 9.93. The van der Waals surface area contributed by atoms with Crippen molar-refractivity contribution in [3.63, 3.8) is 0 Å². The summed E-state index contributed by atoms with van der Waals surface area (Å²) in [6, 6.07) is 6.38. The molecule has 1 aromatic carbocycles. The lowest BCUT2D eigenvalue weighted by Gasteiger charge is -2.23. The highest BCUT2D eigenvalue weighted by Gasteiger charge is 2.38. The molecule has 3 rings (SSSR count). The maximum atomic E-state index is 6.04. The van der Waals surface area contributed by atoms with E-state index >= 15 is 0 Å². The molecule has 1 N–H and O–H groups in total.